The van der Waals surface area contributed by atoms with Crippen LogP contribution in [0.4, 0.5) is 4.39 Å². The van der Waals surface area contributed by atoms with E-state index in [9.17, 15) is 4.39 Å². The molecule has 0 amide bonds. The summed E-state index contributed by atoms with van der Waals surface area (Å²) in [5.74, 6) is -0.125. The van der Waals surface area contributed by atoms with E-state index in [0.29, 0.717) is 5.56 Å². The molecule has 1 aromatic rings. The number of methoxy groups -OCH3 is 1. The zero-order valence-electron chi connectivity index (χ0n) is 7.17. The molecule has 1 rings (SSSR count). The van der Waals surface area contributed by atoms with Crippen LogP contribution >= 0.6 is 0 Å². The van der Waals surface area contributed by atoms with Crippen LogP contribution < -0.4 is 10.5 Å². The van der Waals surface area contributed by atoms with E-state index >= 15 is 0 Å². The van der Waals surface area contributed by atoms with Crippen LogP contribution in [0.5, 0.6) is 5.75 Å². The van der Waals surface area contributed by atoms with Crippen LogP contribution in [-0.4, -0.2) is 7.11 Å². The highest BCUT2D eigenvalue weighted by Crippen LogP contribution is 2.26. The van der Waals surface area contributed by atoms with Crippen LogP contribution in [0.15, 0.2) is 18.2 Å². The highest BCUT2D eigenvalue weighted by molar-refractivity contribution is 5.36. The molecule has 0 radical (unpaired) electrons. The molecule has 0 spiro atoms. The number of benzene rings is 1. The number of hydrogen-bond donors (Lipinski definition) is 1. The summed E-state index contributed by atoms with van der Waals surface area (Å²) in [6.07, 6.45) is 0. The predicted molar refractivity (Wildman–Crippen MR) is 45.6 cm³/mol. The first-order valence-corrected chi connectivity index (χ1v) is 3.74. The minimum absolute atomic E-state index is 0.212. The molecule has 2 N–H and O–H groups in total. The van der Waals surface area contributed by atoms with Crippen molar-refractivity contribution in [3.05, 3.63) is 29.6 Å². The summed E-state index contributed by atoms with van der Waals surface area (Å²) in [7, 11) is 1.43. The van der Waals surface area contributed by atoms with E-state index in [-0.39, 0.29) is 17.6 Å². The molecule has 12 heavy (non-hydrogen) atoms. The van der Waals surface area contributed by atoms with Gasteiger partial charge in [0.2, 0.25) is 0 Å². The molecule has 0 bridgehead atoms. The third-order valence-electron chi connectivity index (χ3n) is 1.69. The first-order valence-electron chi connectivity index (χ1n) is 3.74. The zero-order chi connectivity index (χ0) is 9.14. The molecule has 1 atom stereocenters. The number of hydrogen-bond acceptors (Lipinski definition) is 2. The Labute approximate surface area is 71.1 Å². The van der Waals surface area contributed by atoms with Crippen LogP contribution in [0.3, 0.4) is 0 Å². The van der Waals surface area contributed by atoms with E-state index in [1.54, 1.807) is 19.1 Å². The Morgan fingerprint density at radius 1 is 1.50 bits per heavy atom. The predicted octanol–water partition coefficient (Wildman–Crippen LogP) is 1.85. The van der Waals surface area contributed by atoms with Gasteiger partial charge in [0, 0.05) is 11.6 Å². The van der Waals surface area contributed by atoms with Gasteiger partial charge in [-0.1, -0.05) is 12.1 Å². The monoisotopic (exact) mass is 169 g/mol. The van der Waals surface area contributed by atoms with Gasteiger partial charge >= 0.3 is 0 Å². The van der Waals surface area contributed by atoms with Gasteiger partial charge in [0.05, 0.1) is 7.11 Å². The van der Waals surface area contributed by atoms with Crippen LogP contribution in [-0.2, 0) is 0 Å². The fourth-order valence-corrected chi connectivity index (χ4v) is 1.10. The van der Waals surface area contributed by atoms with Gasteiger partial charge in [-0.05, 0) is 13.0 Å². The second kappa shape index (κ2) is 3.54. The van der Waals surface area contributed by atoms with Gasteiger partial charge in [-0.25, -0.2) is 4.39 Å². The molecular weight excluding hydrogens is 157 g/mol. The number of para-hydroxylation sites is 1. The van der Waals surface area contributed by atoms with Crippen LogP contribution in [0.2, 0.25) is 0 Å². The lowest BCUT2D eigenvalue weighted by molar-refractivity contribution is 0.379. The van der Waals surface area contributed by atoms with Crippen molar-refractivity contribution in [3.63, 3.8) is 0 Å². The lowest BCUT2D eigenvalue weighted by atomic mass is 10.1. The summed E-state index contributed by atoms with van der Waals surface area (Å²) in [6.45, 7) is 1.79. The zero-order valence-corrected chi connectivity index (χ0v) is 7.17. The Bertz CT molecular complexity index is 273. The molecule has 0 aliphatic heterocycles. The van der Waals surface area contributed by atoms with Crippen molar-refractivity contribution in [2.45, 2.75) is 13.0 Å². The molecule has 0 unspecified atom stereocenters. The maximum atomic E-state index is 13.0. The fourth-order valence-electron chi connectivity index (χ4n) is 1.10. The molecule has 0 aliphatic rings. The van der Waals surface area contributed by atoms with Crippen molar-refractivity contribution < 1.29 is 9.13 Å². The molecule has 0 saturated carbocycles. The molecule has 0 saturated heterocycles. The SMILES string of the molecule is COc1c(F)cccc1[C@@H](C)N. The largest absolute Gasteiger partial charge is 0.493 e. The molecule has 0 aliphatic carbocycles. The molecule has 1 aromatic carbocycles. The van der Waals surface area contributed by atoms with Gasteiger partial charge in [-0.3, -0.25) is 0 Å². The third kappa shape index (κ3) is 1.56. The number of ether oxygens (including phenoxy) is 1. The number of halogens is 1. The first-order chi connectivity index (χ1) is 5.66. The molecule has 2 nitrogen and oxygen atoms in total. The van der Waals surface area contributed by atoms with Gasteiger partial charge in [-0.2, -0.15) is 0 Å². The molecule has 0 heterocycles. The second-order valence-electron chi connectivity index (χ2n) is 2.65. The van der Waals surface area contributed by atoms with Crippen molar-refractivity contribution >= 4 is 0 Å². The normalized spacial score (nSPS) is 12.7. The van der Waals surface area contributed by atoms with Gasteiger partial charge in [0.15, 0.2) is 11.6 Å². The van der Waals surface area contributed by atoms with Crippen molar-refractivity contribution in [1.29, 1.82) is 0 Å². The van der Waals surface area contributed by atoms with E-state index in [1.165, 1.54) is 13.2 Å². The van der Waals surface area contributed by atoms with Crippen molar-refractivity contribution in [1.82, 2.24) is 0 Å². The molecule has 66 valence electrons. The Morgan fingerprint density at radius 2 is 2.17 bits per heavy atom. The Hall–Kier alpha value is -1.09. The van der Waals surface area contributed by atoms with Gasteiger partial charge < -0.3 is 10.5 Å². The fraction of sp³-hybridized carbons (Fsp3) is 0.333. The summed E-state index contributed by atoms with van der Waals surface area (Å²) in [4.78, 5) is 0. The van der Waals surface area contributed by atoms with Crippen molar-refractivity contribution in [2.24, 2.45) is 5.73 Å². The van der Waals surface area contributed by atoms with Crippen molar-refractivity contribution in [2.75, 3.05) is 7.11 Å². The number of rotatable bonds is 2. The topological polar surface area (TPSA) is 35.2 Å². The Balaban J connectivity index is 3.18. The average molecular weight is 169 g/mol. The molecule has 0 fully saturated rings. The van der Waals surface area contributed by atoms with Crippen LogP contribution in [0.1, 0.15) is 18.5 Å². The van der Waals surface area contributed by atoms with E-state index in [0.717, 1.165) is 0 Å². The van der Waals surface area contributed by atoms with E-state index < -0.39 is 0 Å². The second-order valence-corrected chi connectivity index (χ2v) is 2.65. The summed E-state index contributed by atoms with van der Waals surface area (Å²) in [5, 5.41) is 0. The minimum Gasteiger partial charge on any atom is -0.493 e. The van der Waals surface area contributed by atoms with Gasteiger partial charge in [0.1, 0.15) is 0 Å². The lowest BCUT2D eigenvalue weighted by Crippen LogP contribution is -2.07. The molecule has 0 aromatic heterocycles. The Kier molecular flexibility index (Phi) is 2.65. The van der Waals surface area contributed by atoms with Gasteiger partial charge in [-0.15, -0.1) is 0 Å². The lowest BCUT2D eigenvalue weighted by Gasteiger charge is -2.11. The number of nitrogens with two attached hydrogens (primary N) is 1. The highest BCUT2D eigenvalue weighted by atomic mass is 19.1. The standard InChI is InChI=1S/C9H12FNO/c1-6(11)7-4-3-5-8(10)9(7)12-2/h3-6H,11H2,1-2H3/t6-/m1/s1. The quantitative estimate of drug-likeness (QED) is 0.733. The third-order valence-corrected chi connectivity index (χ3v) is 1.69. The highest BCUT2D eigenvalue weighted by Gasteiger charge is 2.10. The van der Waals surface area contributed by atoms with E-state index in [4.69, 9.17) is 10.5 Å². The van der Waals surface area contributed by atoms with Crippen LogP contribution in [0.25, 0.3) is 0 Å². The molecule has 3 heteroatoms. The maximum absolute atomic E-state index is 13.0. The molecular formula is C9H12FNO. The smallest absolute Gasteiger partial charge is 0.165 e. The maximum Gasteiger partial charge on any atom is 0.165 e. The summed E-state index contributed by atoms with van der Waals surface area (Å²) < 4.78 is 17.9. The summed E-state index contributed by atoms with van der Waals surface area (Å²) in [5.41, 5.74) is 6.30. The van der Waals surface area contributed by atoms with Crippen LogP contribution in [0, 0.1) is 5.82 Å². The average Bonchev–Trinajstić information content (AvgIpc) is 2.03. The summed E-state index contributed by atoms with van der Waals surface area (Å²) >= 11 is 0. The summed E-state index contributed by atoms with van der Waals surface area (Å²) in [6, 6.07) is 4.52. The minimum atomic E-state index is -0.368. The van der Waals surface area contributed by atoms with E-state index in [1.807, 2.05) is 0 Å². The Morgan fingerprint density at radius 3 is 2.58 bits per heavy atom. The van der Waals surface area contributed by atoms with Crippen molar-refractivity contribution in [3.8, 4) is 5.75 Å². The van der Waals surface area contributed by atoms with Gasteiger partial charge in [0.25, 0.3) is 0 Å². The first kappa shape index (κ1) is 9.00. The van der Waals surface area contributed by atoms with E-state index in [2.05, 4.69) is 0 Å².